The van der Waals surface area contributed by atoms with E-state index in [2.05, 4.69) is 38.2 Å². The van der Waals surface area contributed by atoms with Crippen molar-refractivity contribution in [2.75, 3.05) is 31.6 Å². The highest BCUT2D eigenvalue weighted by molar-refractivity contribution is 5.89. The van der Waals surface area contributed by atoms with Gasteiger partial charge in [0.05, 0.1) is 5.39 Å². The zero-order valence-corrected chi connectivity index (χ0v) is 15.2. The van der Waals surface area contributed by atoms with Gasteiger partial charge in [0, 0.05) is 44.1 Å². The van der Waals surface area contributed by atoms with E-state index in [1.54, 1.807) is 6.33 Å². The Balaban J connectivity index is 1.44. The molecule has 0 spiro atoms. The first-order valence-corrected chi connectivity index (χ1v) is 9.38. The molecule has 0 saturated carbocycles. The van der Waals surface area contributed by atoms with Crippen molar-refractivity contribution in [3.05, 3.63) is 23.7 Å². The predicted molar refractivity (Wildman–Crippen MR) is 98.9 cm³/mol. The van der Waals surface area contributed by atoms with Crippen LogP contribution in [-0.2, 0) is 4.74 Å². The van der Waals surface area contributed by atoms with Crippen LogP contribution in [0.1, 0.15) is 36.9 Å². The van der Waals surface area contributed by atoms with Gasteiger partial charge in [-0.1, -0.05) is 0 Å². The third-order valence-corrected chi connectivity index (χ3v) is 5.51. The third-order valence-electron chi connectivity index (χ3n) is 5.51. The largest absolute Gasteiger partial charge is 0.381 e. The average molecular weight is 341 g/mol. The van der Waals surface area contributed by atoms with Crippen LogP contribution in [0.25, 0.3) is 11.0 Å². The Morgan fingerprint density at radius 2 is 1.84 bits per heavy atom. The van der Waals surface area contributed by atoms with Gasteiger partial charge < -0.3 is 15.0 Å². The molecule has 0 amide bonds. The van der Waals surface area contributed by atoms with Crippen molar-refractivity contribution in [3.63, 3.8) is 0 Å². The molecular formula is C19H27N5O. The highest BCUT2D eigenvalue weighted by Crippen LogP contribution is 2.26. The zero-order valence-electron chi connectivity index (χ0n) is 15.2. The number of nitrogens with one attached hydrogen (secondary N) is 1. The Kier molecular flexibility index (Phi) is 4.81. The van der Waals surface area contributed by atoms with Gasteiger partial charge >= 0.3 is 0 Å². The minimum Gasteiger partial charge on any atom is -0.381 e. The molecule has 0 atom stereocenters. The van der Waals surface area contributed by atoms with Gasteiger partial charge in [-0.3, -0.25) is 0 Å². The van der Waals surface area contributed by atoms with Crippen molar-refractivity contribution in [1.29, 1.82) is 0 Å². The minimum absolute atomic E-state index is 0.467. The lowest BCUT2D eigenvalue weighted by Crippen LogP contribution is -2.46. The number of pyridine rings is 1. The Hall–Kier alpha value is -1.79. The molecule has 4 heterocycles. The SMILES string of the molecule is Cc1cc(C)c2c(NC3CCN(C4CCOCC4)CC3)ncnc2n1. The molecule has 2 aromatic heterocycles. The van der Waals surface area contributed by atoms with Gasteiger partial charge in [-0.15, -0.1) is 0 Å². The third kappa shape index (κ3) is 3.60. The van der Waals surface area contributed by atoms with Gasteiger partial charge in [-0.25, -0.2) is 15.0 Å². The van der Waals surface area contributed by atoms with Gasteiger partial charge in [0.1, 0.15) is 12.1 Å². The van der Waals surface area contributed by atoms with Crippen LogP contribution in [0.4, 0.5) is 5.82 Å². The van der Waals surface area contributed by atoms with E-state index >= 15 is 0 Å². The van der Waals surface area contributed by atoms with Crippen LogP contribution < -0.4 is 5.32 Å². The van der Waals surface area contributed by atoms with E-state index in [-0.39, 0.29) is 0 Å². The first-order chi connectivity index (χ1) is 12.2. The Morgan fingerprint density at radius 3 is 2.60 bits per heavy atom. The highest BCUT2D eigenvalue weighted by Gasteiger charge is 2.26. The van der Waals surface area contributed by atoms with Gasteiger partial charge in [0.25, 0.3) is 0 Å². The number of nitrogens with zero attached hydrogens (tertiary/aromatic N) is 4. The van der Waals surface area contributed by atoms with Gasteiger partial charge in [0.2, 0.25) is 0 Å². The molecule has 2 aliphatic heterocycles. The van der Waals surface area contributed by atoms with Crippen molar-refractivity contribution in [2.24, 2.45) is 0 Å². The molecule has 0 bridgehead atoms. The molecule has 0 aliphatic carbocycles. The number of anilines is 1. The summed E-state index contributed by atoms with van der Waals surface area (Å²) in [6.07, 6.45) is 6.29. The summed E-state index contributed by atoms with van der Waals surface area (Å²) >= 11 is 0. The van der Waals surface area contributed by atoms with Crippen LogP contribution in [0.2, 0.25) is 0 Å². The number of hydrogen-bond donors (Lipinski definition) is 1. The van der Waals surface area contributed by atoms with Crippen LogP contribution >= 0.6 is 0 Å². The van der Waals surface area contributed by atoms with Crippen molar-refractivity contribution in [2.45, 2.75) is 51.6 Å². The fraction of sp³-hybridized carbons (Fsp3) is 0.632. The number of fused-ring (bicyclic) bond motifs is 1. The molecular weight excluding hydrogens is 314 g/mol. The maximum Gasteiger partial charge on any atom is 0.165 e. The van der Waals surface area contributed by atoms with Gasteiger partial charge in [0.15, 0.2) is 5.65 Å². The number of ether oxygens (including phenoxy) is 1. The van der Waals surface area contributed by atoms with Crippen LogP contribution in [0, 0.1) is 13.8 Å². The first-order valence-electron chi connectivity index (χ1n) is 9.38. The molecule has 134 valence electrons. The van der Waals surface area contributed by atoms with E-state index in [0.29, 0.717) is 12.1 Å². The molecule has 2 saturated heterocycles. The summed E-state index contributed by atoms with van der Waals surface area (Å²) in [6, 6.07) is 3.28. The van der Waals surface area contributed by atoms with Crippen molar-refractivity contribution >= 4 is 16.9 Å². The van der Waals surface area contributed by atoms with Crippen LogP contribution in [0.3, 0.4) is 0 Å². The van der Waals surface area contributed by atoms with Gasteiger partial charge in [-0.05, 0) is 51.2 Å². The second-order valence-electron chi connectivity index (χ2n) is 7.30. The van der Waals surface area contributed by atoms with E-state index in [1.165, 1.54) is 18.4 Å². The highest BCUT2D eigenvalue weighted by atomic mass is 16.5. The second kappa shape index (κ2) is 7.22. The standard InChI is InChI=1S/C19H27N5O/c1-13-11-14(2)22-18-17(13)19(21-12-20-18)23-15-3-7-24(8-4-15)16-5-9-25-10-6-16/h11-12,15-16H,3-10H2,1-2H3,(H,20,21,22,23). The predicted octanol–water partition coefficient (Wildman–Crippen LogP) is 2.70. The quantitative estimate of drug-likeness (QED) is 0.926. The van der Waals surface area contributed by atoms with Crippen LogP contribution in [-0.4, -0.2) is 58.2 Å². The van der Waals surface area contributed by atoms with Crippen molar-refractivity contribution in [3.8, 4) is 0 Å². The van der Waals surface area contributed by atoms with E-state index in [9.17, 15) is 0 Å². The Morgan fingerprint density at radius 1 is 1.08 bits per heavy atom. The molecule has 0 aromatic carbocycles. The van der Waals surface area contributed by atoms with E-state index < -0.39 is 0 Å². The minimum atomic E-state index is 0.467. The van der Waals surface area contributed by atoms with E-state index in [0.717, 1.165) is 61.7 Å². The summed E-state index contributed by atoms with van der Waals surface area (Å²) in [6.45, 7) is 8.26. The monoisotopic (exact) mass is 341 g/mol. The zero-order chi connectivity index (χ0) is 17.2. The molecule has 2 fully saturated rings. The number of rotatable bonds is 3. The molecule has 6 nitrogen and oxygen atoms in total. The van der Waals surface area contributed by atoms with Crippen LogP contribution in [0.5, 0.6) is 0 Å². The smallest absolute Gasteiger partial charge is 0.165 e. The number of piperidine rings is 1. The summed E-state index contributed by atoms with van der Waals surface area (Å²) in [7, 11) is 0. The molecule has 2 aromatic rings. The molecule has 6 heteroatoms. The van der Waals surface area contributed by atoms with Gasteiger partial charge in [-0.2, -0.15) is 0 Å². The lowest BCUT2D eigenvalue weighted by Gasteiger charge is -2.39. The first kappa shape index (κ1) is 16.7. The number of hydrogen-bond acceptors (Lipinski definition) is 6. The summed E-state index contributed by atoms with van der Waals surface area (Å²) in [5, 5.41) is 4.72. The lowest BCUT2D eigenvalue weighted by atomic mass is 9.99. The Labute approximate surface area is 149 Å². The normalized spacial score (nSPS) is 20.9. The van der Waals surface area contributed by atoms with E-state index in [4.69, 9.17) is 4.74 Å². The van der Waals surface area contributed by atoms with Crippen molar-refractivity contribution < 1.29 is 4.74 Å². The fourth-order valence-electron chi connectivity index (χ4n) is 4.17. The number of likely N-dealkylation sites (tertiary alicyclic amines) is 1. The maximum atomic E-state index is 5.49. The summed E-state index contributed by atoms with van der Waals surface area (Å²) in [5.74, 6) is 0.930. The van der Waals surface area contributed by atoms with Crippen LogP contribution in [0.15, 0.2) is 12.4 Å². The second-order valence-corrected chi connectivity index (χ2v) is 7.30. The van der Waals surface area contributed by atoms with Crippen molar-refractivity contribution in [1.82, 2.24) is 19.9 Å². The topological polar surface area (TPSA) is 63.2 Å². The van der Waals surface area contributed by atoms with E-state index in [1.807, 2.05) is 6.92 Å². The molecule has 4 rings (SSSR count). The summed E-state index contributed by atoms with van der Waals surface area (Å²) < 4.78 is 5.49. The number of aryl methyl sites for hydroxylation is 2. The Bertz CT molecular complexity index is 736. The summed E-state index contributed by atoms with van der Waals surface area (Å²) in [5.41, 5.74) is 2.97. The molecule has 0 unspecified atom stereocenters. The molecule has 0 radical (unpaired) electrons. The lowest BCUT2D eigenvalue weighted by molar-refractivity contribution is 0.0262. The molecule has 1 N–H and O–H groups in total. The molecule has 25 heavy (non-hydrogen) atoms. The maximum absolute atomic E-state index is 5.49. The number of aromatic nitrogens is 3. The fourth-order valence-corrected chi connectivity index (χ4v) is 4.17. The summed E-state index contributed by atoms with van der Waals surface area (Å²) in [4.78, 5) is 16.1. The average Bonchev–Trinajstić information content (AvgIpc) is 2.63. The molecule has 2 aliphatic rings.